The number of aliphatic carboxylic acids is 1. The normalized spacial score (nSPS) is 13.5. The molecule has 2 heterocycles. The number of nitrogens with zero attached hydrogens (tertiary/aromatic N) is 2. The van der Waals surface area contributed by atoms with E-state index in [4.69, 9.17) is 15.1 Å². The number of hydrogen-bond donors (Lipinski definition) is 2. The standard InChI is InChI=1S/C21H23N3O2S/c25-18(26)12-6-11-17-23-20(22-13-14-7-2-1-3-8-14)19-15-9-4-5-10-16(15)27-21(19)24-17/h1-3,7-8H,4-6,9-13H2,(H,25,26)(H,22,23,24). The fraction of sp³-hybridized carbons (Fsp3) is 0.381. The van der Waals surface area contributed by atoms with Gasteiger partial charge >= 0.3 is 5.97 Å². The Morgan fingerprint density at radius 3 is 2.78 bits per heavy atom. The number of carbonyl (C=O) groups is 1. The van der Waals surface area contributed by atoms with Gasteiger partial charge in [-0.25, -0.2) is 9.97 Å². The van der Waals surface area contributed by atoms with Crippen LogP contribution < -0.4 is 5.32 Å². The Labute approximate surface area is 162 Å². The van der Waals surface area contributed by atoms with Crippen molar-refractivity contribution in [2.45, 2.75) is 51.5 Å². The molecule has 0 amide bonds. The molecule has 2 N–H and O–H groups in total. The van der Waals surface area contributed by atoms with Gasteiger partial charge in [0, 0.05) is 24.3 Å². The lowest BCUT2D eigenvalue weighted by atomic mass is 9.97. The van der Waals surface area contributed by atoms with Crippen LogP contribution in [-0.4, -0.2) is 21.0 Å². The van der Waals surface area contributed by atoms with E-state index in [0.717, 1.165) is 29.3 Å². The lowest BCUT2D eigenvalue weighted by Crippen LogP contribution is -2.07. The van der Waals surface area contributed by atoms with E-state index in [1.807, 2.05) is 18.2 Å². The smallest absolute Gasteiger partial charge is 0.303 e. The molecule has 0 atom stereocenters. The van der Waals surface area contributed by atoms with Crippen molar-refractivity contribution in [3.63, 3.8) is 0 Å². The Balaban J connectivity index is 1.66. The van der Waals surface area contributed by atoms with E-state index >= 15 is 0 Å². The number of thiophene rings is 1. The highest BCUT2D eigenvalue weighted by molar-refractivity contribution is 7.19. The van der Waals surface area contributed by atoms with Crippen LogP contribution in [0.4, 0.5) is 5.82 Å². The first kappa shape index (κ1) is 17.9. The predicted molar refractivity (Wildman–Crippen MR) is 108 cm³/mol. The summed E-state index contributed by atoms with van der Waals surface area (Å²) in [7, 11) is 0. The van der Waals surface area contributed by atoms with Gasteiger partial charge in [-0.15, -0.1) is 11.3 Å². The summed E-state index contributed by atoms with van der Waals surface area (Å²) in [5.74, 6) is 0.858. The second-order valence-electron chi connectivity index (χ2n) is 6.97. The summed E-state index contributed by atoms with van der Waals surface area (Å²) in [6.45, 7) is 0.714. The van der Waals surface area contributed by atoms with Crippen molar-refractivity contribution in [1.82, 2.24) is 9.97 Å². The second-order valence-corrected chi connectivity index (χ2v) is 8.05. The maximum atomic E-state index is 10.8. The molecule has 2 aromatic heterocycles. The minimum Gasteiger partial charge on any atom is -0.481 e. The number of rotatable bonds is 7. The molecule has 0 saturated heterocycles. The number of aryl methyl sites for hydroxylation is 3. The van der Waals surface area contributed by atoms with Crippen molar-refractivity contribution in [3.8, 4) is 0 Å². The van der Waals surface area contributed by atoms with Crippen LogP contribution in [0, 0.1) is 0 Å². The average molecular weight is 382 g/mol. The van der Waals surface area contributed by atoms with Crippen molar-refractivity contribution in [3.05, 3.63) is 52.2 Å². The number of nitrogens with one attached hydrogen (secondary N) is 1. The third kappa shape index (κ3) is 4.11. The molecular formula is C21H23N3O2S. The maximum absolute atomic E-state index is 10.8. The van der Waals surface area contributed by atoms with Gasteiger partial charge in [-0.1, -0.05) is 30.3 Å². The van der Waals surface area contributed by atoms with Crippen molar-refractivity contribution in [2.24, 2.45) is 0 Å². The Hall–Kier alpha value is -2.47. The summed E-state index contributed by atoms with van der Waals surface area (Å²) in [4.78, 5) is 22.8. The fourth-order valence-electron chi connectivity index (χ4n) is 3.62. The van der Waals surface area contributed by atoms with E-state index in [1.54, 1.807) is 11.3 Å². The van der Waals surface area contributed by atoms with Gasteiger partial charge in [-0.3, -0.25) is 4.79 Å². The molecule has 0 unspecified atom stereocenters. The highest BCUT2D eigenvalue weighted by Crippen LogP contribution is 2.38. The summed E-state index contributed by atoms with van der Waals surface area (Å²) in [6.07, 6.45) is 5.98. The quantitative estimate of drug-likeness (QED) is 0.626. The number of fused-ring (bicyclic) bond motifs is 3. The summed E-state index contributed by atoms with van der Waals surface area (Å²) in [6, 6.07) is 10.3. The molecule has 5 nitrogen and oxygen atoms in total. The molecule has 0 fully saturated rings. The van der Waals surface area contributed by atoms with E-state index < -0.39 is 5.97 Å². The van der Waals surface area contributed by atoms with E-state index in [1.165, 1.54) is 34.2 Å². The Kier molecular flexibility index (Phi) is 5.34. The number of carboxylic acids is 1. The first-order chi connectivity index (χ1) is 13.2. The van der Waals surface area contributed by atoms with Gasteiger partial charge in [0.25, 0.3) is 0 Å². The molecule has 3 aromatic rings. The number of aromatic nitrogens is 2. The van der Waals surface area contributed by atoms with Gasteiger partial charge < -0.3 is 10.4 Å². The van der Waals surface area contributed by atoms with Crippen LogP contribution in [0.2, 0.25) is 0 Å². The monoisotopic (exact) mass is 381 g/mol. The lowest BCUT2D eigenvalue weighted by molar-refractivity contribution is -0.137. The Morgan fingerprint density at radius 2 is 1.96 bits per heavy atom. The first-order valence-electron chi connectivity index (χ1n) is 9.51. The Bertz CT molecular complexity index is 953. The van der Waals surface area contributed by atoms with Crippen molar-refractivity contribution in [1.29, 1.82) is 0 Å². The number of benzene rings is 1. The van der Waals surface area contributed by atoms with Crippen LogP contribution in [0.1, 0.15) is 47.5 Å². The van der Waals surface area contributed by atoms with Crippen LogP contribution in [0.25, 0.3) is 10.2 Å². The molecule has 140 valence electrons. The van der Waals surface area contributed by atoms with Gasteiger partial charge in [-0.05, 0) is 43.2 Å². The second kappa shape index (κ2) is 8.05. The zero-order valence-electron chi connectivity index (χ0n) is 15.2. The zero-order chi connectivity index (χ0) is 18.6. The van der Waals surface area contributed by atoms with Crippen LogP contribution in [0.3, 0.4) is 0 Å². The van der Waals surface area contributed by atoms with Gasteiger partial charge in [-0.2, -0.15) is 0 Å². The fourth-order valence-corrected chi connectivity index (χ4v) is 4.90. The van der Waals surface area contributed by atoms with Crippen molar-refractivity contribution < 1.29 is 9.90 Å². The molecule has 0 saturated carbocycles. The number of carboxylic acid groups (broad SMARTS) is 1. The molecule has 27 heavy (non-hydrogen) atoms. The summed E-state index contributed by atoms with van der Waals surface area (Å²) < 4.78 is 0. The Morgan fingerprint density at radius 1 is 1.15 bits per heavy atom. The lowest BCUT2D eigenvalue weighted by Gasteiger charge is -2.13. The third-order valence-electron chi connectivity index (χ3n) is 4.95. The van der Waals surface area contributed by atoms with Crippen LogP contribution in [-0.2, 0) is 30.6 Å². The first-order valence-corrected chi connectivity index (χ1v) is 10.3. The number of hydrogen-bond acceptors (Lipinski definition) is 5. The summed E-state index contributed by atoms with van der Waals surface area (Å²) >= 11 is 1.78. The van der Waals surface area contributed by atoms with Crippen molar-refractivity contribution in [2.75, 3.05) is 5.32 Å². The minimum absolute atomic E-state index is 0.148. The molecule has 4 rings (SSSR count). The molecule has 0 bridgehead atoms. The van der Waals surface area contributed by atoms with Crippen LogP contribution >= 0.6 is 11.3 Å². The maximum Gasteiger partial charge on any atom is 0.303 e. The van der Waals surface area contributed by atoms with E-state index in [9.17, 15) is 4.79 Å². The van der Waals surface area contributed by atoms with Gasteiger partial charge in [0.15, 0.2) is 0 Å². The van der Waals surface area contributed by atoms with Gasteiger partial charge in [0.1, 0.15) is 16.5 Å². The zero-order valence-corrected chi connectivity index (χ0v) is 16.0. The predicted octanol–water partition coefficient (Wildman–Crippen LogP) is 4.59. The minimum atomic E-state index is -0.773. The third-order valence-corrected chi connectivity index (χ3v) is 6.14. The molecule has 6 heteroatoms. The summed E-state index contributed by atoms with van der Waals surface area (Å²) in [5, 5.41) is 13.6. The summed E-state index contributed by atoms with van der Waals surface area (Å²) in [5.41, 5.74) is 2.62. The topological polar surface area (TPSA) is 75.1 Å². The highest BCUT2D eigenvalue weighted by atomic mass is 32.1. The van der Waals surface area contributed by atoms with E-state index in [-0.39, 0.29) is 6.42 Å². The molecule has 0 spiro atoms. The van der Waals surface area contributed by atoms with E-state index in [0.29, 0.717) is 19.4 Å². The van der Waals surface area contributed by atoms with Gasteiger partial charge in [0.2, 0.25) is 0 Å². The molecule has 0 radical (unpaired) electrons. The van der Waals surface area contributed by atoms with Crippen LogP contribution in [0.15, 0.2) is 30.3 Å². The average Bonchev–Trinajstić information content (AvgIpc) is 3.05. The van der Waals surface area contributed by atoms with Crippen LogP contribution in [0.5, 0.6) is 0 Å². The van der Waals surface area contributed by atoms with Gasteiger partial charge in [0.05, 0.1) is 5.39 Å². The molecule has 1 aromatic carbocycles. The molecule has 1 aliphatic carbocycles. The van der Waals surface area contributed by atoms with Crippen molar-refractivity contribution >= 4 is 33.3 Å². The largest absolute Gasteiger partial charge is 0.481 e. The molecule has 0 aliphatic heterocycles. The number of anilines is 1. The SMILES string of the molecule is O=C(O)CCCc1nc(NCc2ccccc2)c2c3c(sc2n1)CCCC3. The molecular weight excluding hydrogens is 358 g/mol. The van der Waals surface area contributed by atoms with E-state index in [2.05, 4.69) is 17.4 Å². The molecule has 1 aliphatic rings. The highest BCUT2D eigenvalue weighted by Gasteiger charge is 2.21.